The van der Waals surface area contributed by atoms with Crippen molar-refractivity contribution in [2.75, 3.05) is 19.6 Å². The maximum atomic E-state index is 12.1. The predicted molar refractivity (Wildman–Crippen MR) is 86.1 cm³/mol. The van der Waals surface area contributed by atoms with Crippen LogP contribution >= 0.6 is 0 Å². The minimum Gasteiger partial charge on any atom is -0.393 e. The van der Waals surface area contributed by atoms with Crippen LogP contribution in [-0.4, -0.2) is 51.9 Å². The Morgan fingerprint density at radius 2 is 2.09 bits per heavy atom. The van der Waals surface area contributed by atoms with E-state index in [0.717, 1.165) is 25.1 Å². The molecule has 130 valence electrons. The van der Waals surface area contributed by atoms with Crippen molar-refractivity contribution in [3.63, 3.8) is 0 Å². The van der Waals surface area contributed by atoms with Crippen LogP contribution in [0.5, 0.6) is 0 Å². The zero-order chi connectivity index (χ0) is 16.8. The Labute approximate surface area is 137 Å². The van der Waals surface area contributed by atoms with Crippen molar-refractivity contribution in [2.24, 2.45) is 5.92 Å². The Morgan fingerprint density at radius 3 is 2.65 bits per heavy atom. The maximum Gasteiger partial charge on any atom is 0.317 e. The van der Waals surface area contributed by atoms with Gasteiger partial charge in [0.15, 0.2) is 5.82 Å². The number of hydrogen-bond donors (Lipinski definition) is 2. The van der Waals surface area contributed by atoms with Gasteiger partial charge in [-0.25, -0.2) is 4.79 Å². The fourth-order valence-corrected chi connectivity index (χ4v) is 2.74. The topological polar surface area (TPSA) is 91.5 Å². The van der Waals surface area contributed by atoms with Crippen LogP contribution in [0.1, 0.15) is 57.7 Å². The second kappa shape index (κ2) is 8.29. The number of aryl methyl sites for hydroxylation is 1. The van der Waals surface area contributed by atoms with Gasteiger partial charge < -0.3 is 19.8 Å². The number of hydrogen-bond acceptors (Lipinski definition) is 5. The van der Waals surface area contributed by atoms with Crippen molar-refractivity contribution < 1.29 is 14.4 Å². The number of urea groups is 1. The van der Waals surface area contributed by atoms with Crippen molar-refractivity contribution in [1.82, 2.24) is 20.4 Å². The largest absolute Gasteiger partial charge is 0.393 e. The maximum absolute atomic E-state index is 12.1. The van der Waals surface area contributed by atoms with Gasteiger partial charge in [0.25, 0.3) is 0 Å². The molecular weight excluding hydrogens is 296 g/mol. The number of nitrogens with zero attached hydrogens (tertiary/aromatic N) is 3. The SMILES string of the molecule is CC(C)c1noc(CCCNC(=O)N2CCC(C(C)O)CC2)n1. The molecule has 0 bridgehead atoms. The van der Waals surface area contributed by atoms with Crippen molar-refractivity contribution in [2.45, 2.75) is 58.5 Å². The van der Waals surface area contributed by atoms with E-state index in [-0.39, 0.29) is 18.1 Å². The molecule has 0 aliphatic carbocycles. The van der Waals surface area contributed by atoms with E-state index in [4.69, 9.17) is 4.52 Å². The number of carbonyl (C=O) groups is 1. The van der Waals surface area contributed by atoms with Crippen LogP contribution in [0.15, 0.2) is 4.52 Å². The molecule has 0 saturated carbocycles. The van der Waals surface area contributed by atoms with Gasteiger partial charge in [-0.05, 0) is 32.1 Å². The molecular formula is C16H28N4O3. The minimum atomic E-state index is -0.287. The molecule has 7 nitrogen and oxygen atoms in total. The zero-order valence-corrected chi connectivity index (χ0v) is 14.3. The molecule has 2 amide bonds. The molecule has 0 radical (unpaired) electrons. The molecule has 1 aliphatic heterocycles. The average molecular weight is 324 g/mol. The molecule has 1 fully saturated rings. The van der Waals surface area contributed by atoms with E-state index in [9.17, 15) is 9.90 Å². The molecule has 1 atom stereocenters. The first kappa shape index (κ1) is 17.7. The summed E-state index contributed by atoms with van der Waals surface area (Å²) in [5, 5.41) is 16.4. The van der Waals surface area contributed by atoms with E-state index < -0.39 is 0 Å². The van der Waals surface area contributed by atoms with Gasteiger partial charge in [0.05, 0.1) is 6.10 Å². The van der Waals surface area contributed by atoms with Crippen LogP contribution in [-0.2, 0) is 6.42 Å². The van der Waals surface area contributed by atoms with Gasteiger partial charge in [-0.1, -0.05) is 19.0 Å². The third-order valence-corrected chi connectivity index (χ3v) is 4.35. The molecule has 7 heteroatoms. The van der Waals surface area contributed by atoms with E-state index in [1.807, 2.05) is 25.7 Å². The van der Waals surface area contributed by atoms with E-state index >= 15 is 0 Å². The Kier molecular flexibility index (Phi) is 6.38. The van der Waals surface area contributed by atoms with Crippen LogP contribution in [0.25, 0.3) is 0 Å². The summed E-state index contributed by atoms with van der Waals surface area (Å²) in [5.41, 5.74) is 0. The smallest absolute Gasteiger partial charge is 0.317 e. The second-order valence-corrected chi connectivity index (χ2v) is 6.60. The number of aliphatic hydroxyl groups is 1. The van der Waals surface area contributed by atoms with Crippen LogP contribution < -0.4 is 5.32 Å². The molecule has 1 aliphatic rings. The lowest BCUT2D eigenvalue weighted by atomic mass is 9.92. The Bertz CT molecular complexity index is 493. The Balaban J connectivity index is 1.63. The van der Waals surface area contributed by atoms with E-state index in [2.05, 4.69) is 15.5 Å². The molecule has 2 rings (SSSR count). The molecule has 23 heavy (non-hydrogen) atoms. The second-order valence-electron chi connectivity index (χ2n) is 6.60. The number of carbonyl (C=O) groups excluding carboxylic acids is 1. The highest BCUT2D eigenvalue weighted by atomic mass is 16.5. The molecule has 1 unspecified atom stereocenters. The van der Waals surface area contributed by atoms with Gasteiger partial charge in [0.2, 0.25) is 5.89 Å². The van der Waals surface area contributed by atoms with Crippen LogP contribution in [0.4, 0.5) is 4.79 Å². The minimum absolute atomic E-state index is 0.0255. The number of amides is 2. The predicted octanol–water partition coefficient (Wildman–Crippen LogP) is 1.93. The fourth-order valence-electron chi connectivity index (χ4n) is 2.74. The van der Waals surface area contributed by atoms with E-state index in [0.29, 0.717) is 37.9 Å². The van der Waals surface area contributed by atoms with E-state index in [1.54, 1.807) is 0 Å². The quantitative estimate of drug-likeness (QED) is 0.780. The van der Waals surface area contributed by atoms with Crippen molar-refractivity contribution in [3.05, 3.63) is 11.7 Å². The number of aliphatic hydroxyl groups excluding tert-OH is 1. The summed E-state index contributed by atoms with van der Waals surface area (Å²) in [6.07, 6.45) is 2.89. The molecule has 1 aromatic rings. The molecule has 2 heterocycles. The highest BCUT2D eigenvalue weighted by Gasteiger charge is 2.25. The van der Waals surface area contributed by atoms with Gasteiger partial charge >= 0.3 is 6.03 Å². The zero-order valence-electron chi connectivity index (χ0n) is 14.3. The molecule has 0 spiro atoms. The molecule has 2 N–H and O–H groups in total. The third kappa shape index (κ3) is 5.20. The Morgan fingerprint density at radius 1 is 1.39 bits per heavy atom. The number of piperidine rings is 1. The van der Waals surface area contributed by atoms with Crippen molar-refractivity contribution in [1.29, 1.82) is 0 Å². The van der Waals surface area contributed by atoms with Gasteiger partial charge in [-0.15, -0.1) is 0 Å². The Hall–Kier alpha value is -1.63. The lowest BCUT2D eigenvalue weighted by Gasteiger charge is -2.33. The molecule has 1 aromatic heterocycles. The van der Waals surface area contributed by atoms with Gasteiger partial charge in [-0.3, -0.25) is 0 Å². The lowest BCUT2D eigenvalue weighted by molar-refractivity contribution is 0.0798. The first-order valence-electron chi connectivity index (χ1n) is 8.50. The first-order chi connectivity index (χ1) is 11.0. The number of likely N-dealkylation sites (tertiary alicyclic amines) is 1. The monoisotopic (exact) mass is 324 g/mol. The summed E-state index contributed by atoms with van der Waals surface area (Å²) in [6.45, 7) is 7.88. The number of rotatable bonds is 6. The molecule has 0 aromatic carbocycles. The highest BCUT2D eigenvalue weighted by Crippen LogP contribution is 2.20. The number of nitrogens with one attached hydrogen (secondary N) is 1. The lowest BCUT2D eigenvalue weighted by Crippen LogP contribution is -2.46. The van der Waals surface area contributed by atoms with Crippen LogP contribution in [0.2, 0.25) is 0 Å². The van der Waals surface area contributed by atoms with Gasteiger partial charge in [-0.2, -0.15) is 4.98 Å². The molecule has 1 saturated heterocycles. The summed E-state index contributed by atoms with van der Waals surface area (Å²) < 4.78 is 5.18. The first-order valence-corrected chi connectivity index (χ1v) is 8.50. The summed E-state index contributed by atoms with van der Waals surface area (Å²) in [7, 11) is 0. The van der Waals surface area contributed by atoms with Gasteiger partial charge in [0, 0.05) is 32.0 Å². The van der Waals surface area contributed by atoms with Crippen molar-refractivity contribution in [3.8, 4) is 0 Å². The van der Waals surface area contributed by atoms with Crippen molar-refractivity contribution >= 4 is 6.03 Å². The summed E-state index contributed by atoms with van der Waals surface area (Å²) in [6, 6.07) is -0.0255. The highest BCUT2D eigenvalue weighted by molar-refractivity contribution is 5.74. The number of aromatic nitrogens is 2. The standard InChI is InChI=1S/C16H28N4O3/c1-11(2)15-18-14(23-19-15)5-4-8-17-16(22)20-9-6-13(7-10-20)12(3)21/h11-13,21H,4-10H2,1-3H3,(H,17,22). The summed E-state index contributed by atoms with van der Waals surface area (Å²) in [4.78, 5) is 18.2. The van der Waals surface area contributed by atoms with E-state index in [1.165, 1.54) is 0 Å². The third-order valence-electron chi connectivity index (χ3n) is 4.35. The van der Waals surface area contributed by atoms with Crippen LogP contribution in [0, 0.1) is 5.92 Å². The fraction of sp³-hybridized carbons (Fsp3) is 0.812. The van der Waals surface area contributed by atoms with Gasteiger partial charge in [0.1, 0.15) is 0 Å². The summed E-state index contributed by atoms with van der Waals surface area (Å²) >= 11 is 0. The summed E-state index contributed by atoms with van der Waals surface area (Å²) in [5.74, 6) is 1.93. The normalized spacial score (nSPS) is 17.5. The average Bonchev–Trinajstić information content (AvgIpc) is 3.00. The van der Waals surface area contributed by atoms with Crippen LogP contribution in [0.3, 0.4) is 0 Å².